The van der Waals surface area contributed by atoms with Crippen LogP contribution in [0.2, 0.25) is 0 Å². The third kappa shape index (κ3) is 3.54. The largest absolute Gasteiger partial charge is 0.370 e. The minimum atomic E-state index is -0.558. The number of amides is 1. The van der Waals surface area contributed by atoms with Gasteiger partial charge in [-0.1, -0.05) is 44.2 Å². The number of hydrogen-bond acceptors (Lipinski definition) is 4. The molecule has 2 rings (SSSR count). The first kappa shape index (κ1) is 14.0. The lowest BCUT2D eigenvalue weighted by molar-refractivity contribution is 0.0995. The van der Waals surface area contributed by atoms with Crippen molar-refractivity contribution in [1.82, 2.24) is 9.97 Å². The van der Waals surface area contributed by atoms with Gasteiger partial charge in [-0.2, -0.15) is 0 Å². The van der Waals surface area contributed by atoms with Gasteiger partial charge in [0.1, 0.15) is 11.5 Å². The van der Waals surface area contributed by atoms with Gasteiger partial charge in [0.25, 0.3) is 5.91 Å². The number of anilines is 1. The fourth-order valence-corrected chi connectivity index (χ4v) is 1.69. The molecule has 0 saturated heterocycles. The van der Waals surface area contributed by atoms with Gasteiger partial charge in [-0.3, -0.25) is 4.79 Å². The molecule has 0 aliphatic rings. The molecule has 1 amide bonds. The van der Waals surface area contributed by atoms with Gasteiger partial charge in [0, 0.05) is 18.2 Å². The van der Waals surface area contributed by atoms with Crippen LogP contribution in [0.25, 0.3) is 11.4 Å². The first-order chi connectivity index (χ1) is 9.56. The molecule has 0 aliphatic carbocycles. The molecule has 5 nitrogen and oxygen atoms in total. The summed E-state index contributed by atoms with van der Waals surface area (Å²) in [4.78, 5) is 20.0. The third-order valence-electron chi connectivity index (χ3n) is 2.70. The van der Waals surface area contributed by atoms with Gasteiger partial charge < -0.3 is 11.1 Å². The van der Waals surface area contributed by atoms with Crippen LogP contribution in [0.4, 0.5) is 5.82 Å². The second-order valence-electron chi connectivity index (χ2n) is 4.97. The zero-order valence-electron chi connectivity index (χ0n) is 11.6. The number of benzene rings is 1. The van der Waals surface area contributed by atoms with Gasteiger partial charge in [0.05, 0.1) is 0 Å². The molecule has 3 N–H and O–H groups in total. The average Bonchev–Trinajstić information content (AvgIpc) is 2.45. The lowest BCUT2D eigenvalue weighted by Crippen LogP contribution is -2.16. The Morgan fingerprint density at radius 2 is 1.95 bits per heavy atom. The van der Waals surface area contributed by atoms with Crippen molar-refractivity contribution in [3.8, 4) is 11.4 Å². The molecule has 0 saturated carbocycles. The summed E-state index contributed by atoms with van der Waals surface area (Å²) in [6.45, 7) is 4.96. The summed E-state index contributed by atoms with van der Waals surface area (Å²) in [5, 5.41) is 3.19. The van der Waals surface area contributed by atoms with Crippen molar-refractivity contribution in [3.05, 3.63) is 42.1 Å². The molecule has 2 aromatic rings. The normalized spacial score (nSPS) is 10.6. The predicted molar refractivity (Wildman–Crippen MR) is 79.3 cm³/mol. The summed E-state index contributed by atoms with van der Waals surface area (Å²) in [5.74, 6) is 1.02. The molecular formula is C15H18N4O. The molecule has 1 heterocycles. The van der Waals surface area contributed by atoms with E-state index in [-0.39, 0.29) is 5.69 Å². The molecule has 0 fully saturated rings. The number of nitrogens with two attached hydrogens (primary N) is 1. The minimum absolute atomic E-state index is 0.213. The first-order valence-corrected chi connectivity index (χ1v) is 6.54. The number of nitrogens with zero attached hydrogens (tertiary/aromatic N) is 2. The third-order valence-corrected chi connectivity index (χ3v) is 2.70. The van der Waals surface area contributed by atoms with Gasteiger partial charge in [-0.15, -0.1) is 0 Å². The van der Waals surface area contributed by atoms with Crippen molar-refractivity contribution in [2.24, 2.45) is 11.7 Å². The monoisotopic (exact) mass is 270 g/mol. The van der Waals surface area contributed by atoms with Crippen LogP contribution in [0.15, 0.2) is 36.4 Å². The fourth-order valence-electron chi connectivity index (χ4n) is 1.69. The molecule has 20 heavy (non-hydrogen) atoms. The van der Waals surface area contributed by atoms with E-state index in [9.17, 15) is 4.79 Å². The number of nitrogens with one attached hydrogen (secondary N) is 1. The standard InChI is InChI=1S/C15H18N4O/c1-10(2)9-17-13-8-12(14(16)20)18-15(19-13)11-6-4-3-5-7-11/h3-8,10H,9H2,1-2H3,(H2,16,20)(H,17,18,19). The maximum atomic E-state index is 11.4. The highest BCUT2D eigenvalue weighted by molar-refractivity contribution is 5.92. The predicted octanol–water partition coefficient (Wildman–Crippen LogP) is 2.31. The lowest BCUT2D eigenvalue weighted by atomic mass is 10.2. The molecule has 0 bridgehead atoms. The van der Waals surface area contributed by atoms with E-state index in [2.05, 4.69) is 29.1 Å². The van der Waals surface area contributed by atoms with Gasteiger partial charge >= 0.3 is 0 Å². The van der Waals surface area contributed by atoms with Crippen molar-refractivity contribution >= 4 is 11.7 Å². The second-order valence-corrected chi connectivity index (χ2v) is 4.97. The highest BCUT2D eigenvalue weighted by atomic mass is 16.1. The van der Waals surface area contributed by atoms with Gasteiger partial charge in [0.15, 0.2) is 5.82 Å². The summed E-state index contributed by atoms with van der Waals surface area (Å²) >= 11 is 0. The number of hydrogen-bond donors (Lipinski definition) is 2. The molecule has 0 unspecified atom stereocenters. The van der Waals surface area contributed by atoms with Crippen molar-refractivity contribution in [2.45, 2.75) is 13.8 Å². The van der Waals surface area contributed by atoms with Crippen LogP contribution in [0.3, 0.4) is 0 Å². The summed E-state index contributed by atoms with van der Waals surface area (Å²) in [6, 6.07) is 11.1. The highest BCUT2D eigenvalue weighted by Gasteiger charge is 2.10. The number of carbonyl (C=O) groups is 1. The summed E-state index contributed by atoms with van der Waals surface area (Å²) < 4.78 is 0. The number of aromatic nitrogens is 2. The Labute approximate surface area is 118 Å². The van der Waals surface area contributed by atoms with Crippen LogP contribution in [-0.4, -0.2) is 22.4 Å². The molecular weight excluding hydrogens is 252 g/mol. The van der Waals surface area contributed by atoms with Gasteiger partial charge in [-0.05, 0) is 5.92 Å². The average molecular weight is 270 g/mol. The Balaban J connectivity index is 2.38. The van der Waals surface area contributed by atoms with Crippen LogP contribution < -0.4 is 11.1 Å². The van der Waals surface area contributed by atoms with E-state index in [1.165, 1.54) is 0 Å². The van der Waals surface area contributed by atoms with Crippen molar-refractivity contribution in [1.29, 1.82) is 0 Å². The topological polar surface area (TPSA) is 80.9 Å². The van der Waals surface area contributed by atoms with Crippen LogP contribution in [0, 0.1) is 5.92 Å². The van der Waals surface area contributed by atoms with E-state index in [0.29, 0.717) is 17.6 Å². The van der Waals surface area contributed by atoms with Crippen molar-refractivity contribution < 1.29 is 4.79 Å². The Hall–Kier alpha value is -2.43. The molecule has 0 aliphatic heterocycles. The summed E-state index contributed by atoms with van der Waals surface area (Å²) in [5.41, 5.74) is 6.39. The maximum Gasteiger partial charge on any atom is 0.267 e. The number of primary amides is 1. The smallest absolute Gasteiger partial charge is 0.267 e. The fraction of sp³-hybridized carbons (Fsp3) is 0.267. The Morgan fingerprint density at radius 3 is 2.55 bits per heavy atom. The molecule has 104 valence electrons. The van der Waals surface area contributed by atoms with Crippen LogP contribution in [0.1, 0.15) is 24.3 Å². The van der Waals surface area contributed by atoms with E-state index < -0.39 is 5.91 Å². The highest BCUT2D eigenvalue weighted by Crippen LogP contribution is 2.17. The van der Waals surface area contributed by atoms with Crippen LogP contribution in [0.5, 0.6) is 0 Å². The molecule has 1 aromatic carbocycles. The zero-order valence-corrected chi connectivity index (χ0v) is 11.6. The molecule has 5 heteroatoms. The zero-order chi connectivity index (χ0) is 14.5. The second kappa shape index (κ2) is 6.14. The molecule has 0 atom stereocenters. The van der Waals surface area contributed by atoms with Gasteiger partial charge in [-0.25, -0.2) is 9.97 Å². The van der Waals surface area contributed by atoms with Gasteiger partial charge in [0.2, 0.25) is 0 Å². The van der Waals surface area contributed by atoms with Crippen LogP contribution in [-0.2, 0) is 0 Å². The maximum absolute atomic E-state index is 11.4. The number of carbonyl (C=O) groups excluding carboxylic acids is 1. The summed E-state index contributed by atoms with van der Waals surface area (Å²) in [7, 11) is 0. The number of rotatable bonds is 5. The Bertz CT molecular complexity index is 596. The van der Waals surface area contributed by atoms with Crippen molar-refractivity contribution in [3.63, 3.8) is 0 Å². The molecule has 1 aromatic heterocycles. The van der Waals surface area contributed by atoms with Crippen molar-refractivity contribution in [2.75, 3.05) is 11.9 Å². The van der Waals surface area contributed by atoms with Crippen LogP contribution >= 0.6 is 0 Å². The van der Waals surface area contributed by atoms with E-state index in [0.717, 1.165) is 12.1 Å². The SMILES string of the molecule is CC(C)CNc1cc(C(N)=O)nc(-c2ccccc2)n1. The minimum Gasteiger partial charge on any atom is -0.370 e. The van der Waals surface area contributed by atoms with E-state index >= 15 is 0 Å². The van der Waals surface area contributed by atoms with E-state index in [4.69, 9.17) is 5.73 Å². The molecule has 0 spiro atoms. The van der Waals surface area contributed by atoms with E-state index in [1.54, 1.807) is 6.07 Å². The first-order valence-electron chi connectivity index (χ1n) is 6.54. The molecule has 0 radical (unpaired) electrons. The summed E-state index contributed by atoms with van der Waals surface area (Å²) in [6.07, 6.45) is 0. The quantitative estimate of drug-likeness (QED) is 0.873. The Morgan fingerprint density at radius 1 is 1.25 bits per heavy atom. The Kier molecular flexibility index (Phi) is 4.30. The van der Waals surface area contributed by atoms with E-state index in [1.807, 2.05) is 30.3 Å². The lowest BCUT2D eigenvalue weighted by Gasteiger charge is -2.10.